The van der Waals surface area contributed by atoms with Crippen molar-refractivity contribution < 1.29 is 14.7 Å². The van der Waals surface area contributed by atoms with E-state index < -0.39 is 5.97 Å². The molecule has 2 unspecified atom stereocenters. The predicted octanol–water partition coefficient (Wildman–Crippen LogP) is 1.97. The van der Waals surface area contributed by atoms with Crippen LogP contribution in [0.5, 0.6) is 0 Å². The molecule has 6 heteroatoms. The summed E-state index contributed by atoms with van der Waals surface area (Å²) < 4.78 is 0. The largest absolute Gasteiger partial charge is 0.481 e. The van der Waals surface area contributed by atoms with Gasteiger partial charge in [0.15, 0.2) is 0 Å². The lowest BCUT2D eigenvalue weighted by molar-refractivity contribution is -0.136. The number of carbonyl (C=O) groups is 2. The van der Waals surface area contributed by atoms with E-state index in [1.54, 1.807) is 12.1 Å². The van der Waals surface area contributed by atoms with Crippen molar-refractivity contribution in [1.29, 1.82) is 0 Å². The first-order chi connectivity index (χ1) is 10.1. The molecular formula is C15H19N3O3. The molecule has 2 aliphatic rings. The molecule has 2 amide bonds. The van der Waals surface area contributed by atoms with Crippen LogP contribution in [0.2, 0.25) is 0 Å². The molecule has 1 aliphatic carbocycles. The molecule has 2 atom stereocenters. The van der Waals surface area contributed by atoms with Crippen LogP contribution in [0.3, 0.4) is 0 Å². The molecule has 2 heterocycles. The lowest BCUT2D eigenvalue weighted by Crippen LogP contribution is -2.33. The fraction of sp³-hybridized carbons (Fsp3) is 0.533. The minimum absolute atomic E-state index is 0.0859. The summed E-state index contributed by atoms with van der Waals surface area (Å²) in [5, 5.41) is 11.5. The summed E-state index contributed by atoms with van der Waals surface area (Å²) in [5.74, 6) is 0.432. The van der Waals surface area contributed by atoms with E-state index in [0.717, 1.165) is 13.1 Å². The number of aromatic nitrogens is 1. The van der Waals surface area contributed by atoms with Crippen molar-refractivity contribution in [3.8, 4) is 0 Å². The summed E-state index contributed by atoms with van der Waals surface area (Å²) in [6, 6.07) is 3.24. The number of likely N-dealkylation sites (tertiary alicyclic amines) is 1. The smallest absolute Gasteiger partial charge is 0.321 e. The van der Waals surface area contributed by atoms with Gasteiger partial charge in [0.05, 0.1) is 24.0 Å². The Kier molecular flexibility index (Phi) is 3.77. The van der Waals surface area contributed by atoms with Gasteiger partial charge in [-0.15, -0.1) is 0 Å². The SMILES string of the molecule is O=C(O)Cc1ccc(NC(=O)N2CC3CCCC3C2)cn1. The second-order valence-corrected chi connectivity index (χ2v) is 5.89. The molecule has 1 saturated carbocycles. The number of fused-ring (bicyclic) bond motifs is 1. The second-order valence-electron chi connectivity index (χ2n) is 5.89. The Labute approximate surface area is 123 Å². The number of carbonyl (C=O) groups excluding carboxylic acids is 1. The van der Waals surface area contributed by atoms with Crippen LogP contribution in [0.25, 0.3) is 0 Å². The summed E-state index contributed by atoms with van der Waals surface area (Å²) in [4.78, 5) is 28.7. The summed E-state index contributed by atoms with van der Waals surface area (Å²) >= 11 is 0. The Morgan fingerprint density at radius 3 is 2.57 bits per heavy atom. The fourth-order valence-corrected chi connectivity index (χ4v) is 3.36. The molecule has 2 N–H and O–H groups in total. The number of pyridine rings is 1. The molecule has 0 aromatic carbocycles. The molecule has 0 bridgehead atoms. The van der Waals surface area contributed by atoms with Gasteiger partial charge in [0.1, 0.15) is 0 Å². The highest BCUT2D eigenvalue weighted by Gasteiger charge is 2.37. The Bertz CT molecular complexity index is 532. The number of anilines is 1. The molecule has 3 rings (SSSR count). The van der Waals surface area contributed by atoms with Gasteiger partial charge in [-0.2, -0.15) is 0 Å². The van der Waals surface area contributed by atoms with Gasteiger partial charge < -0.3 is 15.3 Å². The maximum absolute atomic E-state index is 12.2. The lowest BCUT2D eigenvalue weighted by atomic mass is 10.0. The summed E-state index contributed by atoms with van der Waals surface area (Å²) in [5.41, 5.74) is 1.09. The number of carboxylic acid groups (broad SMARTS) is 1. The zero-order valence-corrected chi connectivity index (χ0v) is 11.8. The molecule has 1 aliphatic heterocycles. The number of nitrogens with zero attached hydrogens (tertiary/aromatic N) is 2. The average Bonchev–Trinajstić information content (AvgIpc) is 3.01. The highest BCUT2D eigenvalue weighted by molar-refractivity contribution is 5.89. The molecule has 1 aromatic heterocycles. The van der Waals surface area contributed by atoms with Gasteiger partial charge in [-0.1, -0.05) is 6.42 Å². The first kappa shape index (κ1) is 13.9. The number of aliphatic carboxylic acids is 1. The number of urea groups is 1. The van der Waals surface area contributed by atoms with Gasteiger partial charge in [-0.25, -0.2) is 4.79 Å². The van der Waals surface area contributed by atoms with Gasteiger partial charge in [-0.3, -0.25) is 9.78 Å². The first-order valence-electron chi connectivity index (χ1n) is 7.34. The maximum atomic E-state index is 12.2. The number of rotatable bonds is 3. The predicted molar refractivity (Wildman–Crippen MR) is 77.0 cm³/mol. The van der Waals surface area contributed by atoms with Crippen molar-refractivity contribution in [3.63, 3.8) is 0 Å². The van der Waals surface area contributed by atoms with Gasteiger partial charge in [-0.05, 0) is 36.8 Å². The molecule has 112 valence electrons. The second kappa shape index (κ2) is 5.71. The number of nitrogens with one attached hydrogen (secondary N) is 1. The molecule has 0 radical (unpaired) electrons. The number of hydrogen-bond acceptors (Lipinski definition) is 3. The highest BCUT2D eigenvalue weighted by atomic mass is 16.4. The molecule has 21 heavy (non-hydrogen) atoms. The fourth-order valence-electron chi connectivity index (χ4n) is 3.36. The van der Waals surface area contributed by atoms with Crippen LogP contribution in [0.1, 0.15) is 25.0 Å². The van der Waals surface area contributed by atoms with Crippen LogP contribution < -0.4 is 5.32 Å². The summed E-state index contributed by atoms with van der Waals surface area (Å²) in [7, 11) is 0. The van der Waals surface area contributed by atoms with E-state index in [1.807, 2.05) is 4.90 Å². The van der Waals surface area contributed by atoms with Crippen LogP contribution in [-0.4, -0.2) is 40.1 Å². The number of amides is 2. The monoisotopic (exact) mass is 289 g/mol. The van der Waals surface area contributed by atoms with E-state index in [9.17, 15) is 9.59 Å². The highest BCUT2D eigenvalue weighted by Crippen LogP contribution is 2.37. The van der Waals surface area contributed by atoms with Crippen LogP contribution >= 0.6 is 0 Å². The van der Waals surface area contributed by atoms with E-state index in [0.29, 0.717) is 23.2 Å². The normalized spacial score (nSPS) is 23.9. The average molecular weight is 289 g/mol. The Morgan fingerprint density at radius 2 is 2.00 bits per heavy atom. The van der Waals surface area contributed by atoms with Crippen molar-refractivity contribution >= 4 is 17.7 Å². The topological polar surface area (TPSA) is 82.5 Å². The minimum Gasteiger partial charge on any atom is -0.481 e. The third-order valence-electron chi connectivity index (χ3n) is 4.42. The Hall–Kier alpha value is -2.11. The number of hydrogen-bond donors (Lipinski definition) is 2. The Morgan fingerprint density at radius 1 is 1.29 bits per heavy atom. The van der Waals surface area contributed by atoms with Crippen LogP contribution in [-0.2, 0) is 11.2 Å². The third kappa shape index (κ3) is 3.15. The van der Waals surface area contributed by atoms with Crippen molar-refractivity contribution in [3.05, 3.63) is 24.0 Å². The van der Waals surface area contributed by atoms with Crippen LogP contribution in [0.4, 0.5) is 10.5 Å². The van der Waals surface area contributed by atoms with Crippen LogP contribution in [0.15, 0.2) is 18.3 Å². The molecule has 2 fully saturated rings. The maximum Gasteiger partial charge on any atom is 0.321 e. The van der Waals surface area contributed by atoms with E-state index in [2.05, 4.69) is 10.3 Å². The molecule has 0 spiro atoms. The summed E-state index contributed by atoms with van der Waals surface area (Å²) in [6.07, 6.45) is 5.16. The van der Waals surface area contributed by atoms with Crippen molar-refractivity contribution in [1.82, 2.24) is 9.88 Å². The van der Waals surface area contributed by atoms with E-state index in [4.69, 9.17) is 5.11 Å². The van der Waals surface area contributed by atoms with E-state index >= 15 is 0 Å². The van der Waals surface area contributed by atoms with Gasteiger partial charge in [0.25, 0.3) is 0 Å². The van der Waals surface area contributed by atoms with E-state index in [1.165, 1.54) is 25.5 Å². The van der Waals surface area contributed by atoms with E-state index in [-0.39, 0.29) is 12.5 Å². The van der Waals surface area contributed by atoms with Crippen LogP contribution in [0, 0.1) is 11.8 Å². The van der Waals surface area contributed by atoms with Crippen molar-refractivity contribution in [2.24, 2.45) is 11.8 Å². The summed E-state index contributed by atoms with van der Waals surface area (Å²) in [6.45, 7) is 1.70. The molecule has 1 saturated heterocycles. The van der Waals surface area contributed by atoms with Gasteiger partial charge in [0.2, 0.25) is 0 Å². The molecular weight excluding hydrogens is 270 g/mol. The van der Waals surface area contributed by atoms with Gasteiger partial charge >= 0.3 is 12.0 Å². The zero-order chi connectivity index (χ0) is 14.8. The quantitative estimate of drug-likeness (QED) is 0.891. The lowest BCUT2D eigenvalue weighted by Gasteiger charge is -2.18. The molecule has 1 aromatic rings. The Balaban J connectivity index is 1.56. The third-order valence-corrected chi connectivity index (χ3v) is 4.42. The van der Waals surface area contributed by atoms with Crippen molar-refractivity contribution in [2.75, 3.05) is 18.4 Å². The standard InChI is InChI=1S/C15H19N3O3/c19-14(20)6-12-4-5-13(7-16-12)17-15(21)18-8-10-2-1-3-11(10)9-18/h4-5,7,10-11H,1-3,6,8-9H2,(H,17,21)(H,19,20). The van der Waals surface area contributed by atoms with Gasteiger partial charge in [0, 0.05) is 13.1 Å². The first-order valence-corrected chi connectivity index (χ1v) is 7.34. The molecule has 6 nitrogen and oxygen atoms in total. The number of carboxylic acids is 1. The van der Waals surface area contributed by atoms with Crippen molar-refractivity contribution in [2.45, 2.75) is 25.7 Å². The minimum atomic E-state index is -0.914. The zero-order valence-electron chi connectivity index (χ0n) is 11.8.